The van der Waals surface area contributed by atoms with E-state index in [2.05, 4.69) is 5.32 Å². The molecule has 128 valence electrons. The van der Waals surface area contributed by atoms with Crippen LogP contribution in [0, 0.1) is 0 Å². The van der Waals surface area contributed by atoms with E-state index in [0.717, 1.165) is 5.75 Å². The summed E-state index contributed by atoms with van der Waals surface area (Å²) in [5.41, 5.74) is 6.13. The van der Waals surface area contributed by atoms with E-state index in [9.17, 15) is 9.59 Å². The zero-order valence-corrected chi connectivity index (χ0v) is 15.0. The number of rotatable bonds is 7. The molecule has 0 spiro atoms. The van der Waals surface area contributed by atoms with Gasteiger partial charge >= 0.3 is 5.97 Å². The number of benzene rings is 1. The van der Waals surface area contributed by atoms with Gasteiger partial charge in [-0.05, 0) is 33.3 Å². The van der Waals surface area contributed by atoms with Crippen molar-refractivity contribution in [2.75, 3.05) is 5.75 Å². The van der Waals surface area contributed by atoms with Crippen molar-refractivity contribution in [2.45, 2.75) is 51.1 Å². The molecule has 1 aromatic rings. The monoisotopic (exact) mass is 338 g/mol. The smallest absolute Gasteiger partial charge is 0.330 e. The van der Waals surface area contributed by atoms with Crippen LogP contribution in [0.2, 0.25) is 0 Å². The maximum atomic E-state index is 12.3. The predicted octanol–water partition coefficient (Wildman–Crippen LogP) is 2.09. The summed E-state index contributed by atoms with van der Waals surface area (Å²) in [7, 11) is 0. The van der Waals surface area contributed by atoms with Crippen LogP contribution in [-0.4, -0.2) is 35.3 Å². The van der Waals surface area contributed by atoms with Gasteiger partial charge < -0.3 is 15.8 Å². The molecular formula is C17H26N2O3S. The molecule has 3 N–H and O–H groups in total. The highest BCUT2D eigenvalue weighted by Crippen LogP contribution is 2.15. The van der Waals surface area contributed by atoms with Crippen molar-refractivity contribution in [3.8, 4) is 0 Å². The molecule has 5 nitrogen and oxygen atoms in total. The summed E-state index contributed by atoms with van der Waals surface area (Å²) in [6, 6.07) is 8.57. The third-order valence-electron chi connectivity index (χ3n) is 2.82. The molecule has 0 bridgehead atoms. The first-order valence-electron chi connectivity index (χ1n) is 7.59. The third-order valence-corrected chi connectivity index (χ3v) is 3.92. The van der Waals surface area contributed by atoms with E-state index in [-0.39, 0.29) is 5.91 Å². The van der Waals surface area contributed by atoms with Gasteiger partial charge in [-0.2, -0.15) is 11.8 Å². The molecule has 0 fully saturated rings. The molecule has 0 aliphatic carbocycles. The van der Waals surface area contributed by atoms with Crippen LogP contribution in [0.15, 0.2) is 30.3 Å². The Morgan fingerprint density at radius 3 is 2.39 bits per heavy atom. The first-order chi connectivity index (χ1) is 10.7. The van der Waals surface area contributed by atoms with Crippen LogP contribution in [0.4, 0.5) is 0 Å². The Bertz CT molecular complexity index is 512. The average molecular weight is 338 g/mol. The standard InChI is InChI=1S/C17H26N2O3S/c1-12(18)15(20)19-14(16(21)22-17(2,3)4)11-23-10-13-8-6-5-7-9-13/h5-9,12,14H,10-11,18H2,1-4H3,(H,19,20)/t12-,14-/m0/s1. The maximum Gasteiger partial charge on any atom is 0.330 e. The molecule has 1 aromatic carbocycles. The SMILES string of the molecule is C[C@H](N)C(=O)N[C@@H](CSCc1ccccc1)C(=O)OC(C)(C)C. The number of hydrogen-bond acceptors (Lipinski definition) is 5. The normalized spacial score (nSPS) is 14.0. The summed E-state index contributed by atoms with van der Waals surface area (Å²) in [5, 5.41) is 2.67. The zero-order valence-electron chi connectivity index (χ0n) is 14.2. The number of amides is 1. The summed E-state index contributed by atoms with van der Waals surface area (Å²) < 4.78 is 5.38. The van der Waals surface area contributed by atoms with Crippen LogP contribution in [0.3, 0.4) is 0 Å². The van der Waals surface area contributed by atoms with E-state index in [0.29, 0.717) is 5.75 Å². The Morgan fingerprint density at radius 2 is 1.87 bits per heavy atom. The van der Waals surface area contributed by atoms with Crippen molar-refractivity contribution in [1.29, 1.82) is 0 Å². The minimum Gasteiger partial charge on any atom is -0.458 e. The molecule has 0 unspecified atom stereocenters. The second kappa shape index (κ2) is 8.93. The second-order valence-electron chi connectivity index (χ2n) is 6.38. The molecule has 0 aliphatic rings. The van der Waals surface area contributed by atoms with Crippen molar-refractivity contribution in [3.05, 3.63) is 35.9 Å². The molecule has 0 saturated heterocycles. The van der Waals surface area contributed by atoms with Crippen molar-refractivity contribution >= 4 is 23.6 Å². The molecule has 6 heteroatoms. The fraction of sp³-hybridized carbons (Fsp3) is 0.529. The van der Waals surface area contributed by atoms with Crippen LogP contribution in [-0.2, 0) is 20.1 Å². The van der Waals surface area contributed by atoms with Gasteiger partial charge in [-0.25, -0.2) is 4.79 Å². The second-order valence-corrected chi connectivity index (χ2v) is 7.41. The van der Waals surface area contributed by atoms with E-state index in [1.807, 2.05) is 30.3 Å². The highest BCUT2D eigenvalue weighted by Gasteiger charge is 2.27. The number of nitrogens with two attached hydrogens (primary N) is 1. The Labute approximate surface area is 142 Å². The van der Waals surface area contributed by atoms with Crippen molar-refractivity contribution in [1.82, 2.24) is 5.32 Å². The van der Waals surface area contributed by atoms with E-state index in [1.54, 1.807) is 39.5 Å². The average Bonchev–Trinajstić information content (AvgIpc) is 2.45. The van der Waals surface area contributed by atoms with E-state index < -0.39 is 23.7 Å². The molecule has 2 atom stereocenters. The van der Waals surface area contributed by atoms with Crippen LogP contribution < -0.4 is 11.1 Å². The van der Waals surface area contributed by atoms with Gasteiger partial charge in [0.1, 0.15) is 11.6 Å². The number of hydrogen-bond donors (Lipinski definition) is 2. The number of thioether (sulfide) groups is 1. The molecule has 1 amide bonds. The number of carbonyl (C=O) groups is 2. The van der Waals surface area contributed by atoms with E-state index in [4.69, 9.17) is 10.5 Å². The van der Waals surface area contributed by atoms with Crippen LogP contribution in [0.5, 0.6) is 0 Å². The Morgan fingerprint density at radius 1 is 1.26 bits per heavy atom. The summed E-state index contributed by atoms with van der Waals surface area (Å²) in [6.45, 7) is 6.98. The van der Waals surface area contributed by atoms with Crippen molar-refractivity contribution in [2.24, 2.45) is 5.73 Å². The van der Waals surface area contributed by atoms with Crippen molar-refractivity contribution < 1.29 is 14.3 Å². The fourth-order valence-electron chi connectivity index (χ4n) is 1.71. The molecule has 0 aromatic heterocycles. The predicted molar refractivity (Wildman–Crippen MR) is 94.0 cm³/mol. The third kappa shape index (κ3) is 8.04. The largest absolute Gasteiger partial charge is 0.458 e. The van der Waals surface area contributed by atoms with Crippen LogP contribution in [0.25, 0.3) is 0 Å². The lowest BCUT2D eigenvalue weighted by atomic mass is 10.2. The molecular weight excluding hydrogens is 312 g/mol. The van der Waals surface area contributed by atoms with Crippen molar-refractivity contribution in [3.63, 3.8) is 0 Å². The van der Waals surface area contributed by atoms with E-state index >= 15 is 0 Å². The number of esters is 1. The number of carbonyl (C=O) groups excluding carboxylic acids is 2. The Hall–Kier alpha value is -1.53. The zero-order chi connectivity index (χ0) is 17.5. The highest BCUT2D eigenvalue weighted by atomic mass is 32.2. The first-order valence-corrected chi connectivity index (χ1v) is 8.75. The van der Waals surface area contributed by atoms with Gasteiger partial charge in [0, 0.05) is 11.5 Å². The van der Waals surface area contributed by atoms with Crippen LogP contribution in [0.1, 0.15) is 33.3 Å². The molecule has 23 heavy (non-hydrogen) atoms. The quantitative estimate of drug-likeness (QED) is 0.744. The minimum absolute atomic E-state index is 0.360. The number of ether oxygens (including phenoxy) is 1. The summed E-state index contributed by atoms with van der Waals surface area (Å²) in [5.74, 6) is 0.393. The molecule has 0 radical (unpaired) electrons. The van der Waals surface area contributed by atoms with Gasteiger partial charge in [-0.3, -0.25) is 4.79 Å². The van der Waals surface area contributed by atoms with E-state index in [1.165, 1.54) is 5.56 Å². The minimum atomic E-state index is -0.707. The van der Waals surface area contributed by atoms with Gasteiger partial charge in [-0.15, -0.1) is 0 Å². The Balaban J connectivity index is 2.63. The van der Waals surface area contributed by atoms with Gasteiger partial charge in [0.25, 0.3) is 0 Å². The topological polar surface area (TPSA) is 81.4 Å². The first kappa shape index (κ1) is 19.5. The maximum absolute atomic E-state index is 12.3. The van der Waals surface area contributed by atoms with Gasteiger partial charge in [0.05, 0.1) is 6.04 Å². The van der Waals surface area contributed by atoms with Gasteiger partial charge in [0.15, 0.2) is 0 Å². The van der Waals surface area contributed by atoms with Gasteiger partial charge in [-0.1, -0.05) is 30.3 Å². The van der Waals surface area contributed by atoms with Crippen LogP contribution >= 0.6 is 11.8 Å². The highest BCUT2D eigenvalue weighted by molar-refractivity contribution is 7.98. The van der Waals surface area contributed by atoms with Gasteiger partial charge in [0.2, 0.25) is 5.91 Å². The molecule has 0 aliphatic heterocycles. The lowest BCUT2D eigenvalue weighted by molar-refractivity contribution is -0.157. The summed E-state index contributed by atoms with van der Waals surface area (Å²) >= 11 is 1.57. The Kier molecular flexibility index (Phi) is 7.58. The molecule has 0 saturated carbocycles. The fourth-order valence-corrected chi connectivity index (χ4v) is 2.71. The molecule has 0 heterocycles. The lowest BCUT2D eigenvalue weighted by Gasteiger charge is -2.25. The summed E-state index contributed by atoms with van der Waals surface area (Å²) in [4.78, 5) is 24.1. The summed E-state index contributed by atoms with van der Waals surface area (Å²) in [6.07, 6.45) is 0. The lowest BCUT2D eigenvalue weighted by Crippen LogP contribution is -2.50. The molecule has 1 rings (SSSR count). The number of nitrogens with one attached hydrogen (secondary N) is 1.